The van der Waals surface area contributed by atoms with Crippen LogP contribution >= 0.6 is 0 Å². The van der Waals surface area contributed by atoms with E-state index in [1.807, 2.05) is 0 Å². The highest BCUT2D eigenvalue weighted by atomic mass is 14.4. The van der Waals surface area contributed by atoms with E-state index in [1.54, 1.807) is 0 Å². The number of hydrogen-bond acceptors (Lipinski definition) is 0. The molecule has 0 N–H and O–H groups in total. The van der Waals surface area contributed by atoms with Crippen molar-refractivity contribution in [3.05, 3.63) is 81.9 Å². The highest BCUT2D eigenvalue weighted by molar-refractivity contribution is 6.10. The zero-order valence-corrected chi connectivity index (χ0v) is 15.8. The average Bonchev–Trinajstić information content (AvgIpc) is 3.17. The summed E-state index contributed by atoms with van der Waals surface area (Å²) in [5.41, 5.74) is 14.6. The molecule has 3 aromatic rings. The van der Waals surface area contributed by atoms with Gasteiger partial charge >= 0.3 is 0 Å². The molecule has 0 spiro atoms. The van der Waals surface area contributed by atoms with Crippen molar-refractivity contribution < 1.29 is 0 Å². The molecule has 5 rings (SSSR count). The molecule has 0 fully saturated rings. The van der Waals surface area contributed by atoms with Crippen LogP contribution in [0.25, 0.3) is 22.3 Å². The summed E-state index contributed by atoms with van der Waals surface area (Å²) in [7, 11) is 6.35. The quantitative estimate of drug-likeness (QED) is 0.340. The molecular formula is C25H23B. The van der Waals surface area contributed by atoms with E-state index >= 15 is 0 Å². The second-order valence-corrected chi connectivity index (χ2v) is 8.68. The molecule has 2 radical (unpaired) electrons. The topological polar surface area (TPSA) is 0 Å². The molecular weight excluding hydrogens is 311 g/mol. The number of rotatable bonds is 1. The molecule has 0 aromatic heterocycles. The Morgan fingerprint density at radius 1 is 0.769 bits per heavy atom. The highest BCUT2D eigenvalue weighted by Crippen LogP contribution is 2.53. The van der Waals surface area contributed by atoms with Gasteiger partial charge in [-0.1, -0.05) is 75.6 Å². The van der Waals surface area contributed by atoms with Gasteiger partial charge in [0.25, 0.3) is 0 Å². The summed E-state index contributed by atoms with van der Waals surface area (Å²) < 4.78 is 0. The Labute approximate surface area is 157 Å². The normalized spacial score (nSPS) is 14.0. The molecule has 0 amide bonds. The van der Waals surface area contributed by atoms with E-state index in [2.05, 4.69) is 69.3 Å². The van der Waals surface area contributed by atoms with Crippen LogP contribution in [0.4, 0.5) is 0 Å². The van der Waals surface area contributed by atoms with E-state index in [0.717, 1.165) is 12.8 Å². The molecule has 0 saturated carbocycles. The van der Waals surface area contributed by atoms with Crippen molar-refractivity contribution in [1.29, 1.82) is 0 Å². The van der Waals surface area contributed by atoms with Crippen molar-refractivity contribution in [1.82, 2.24) is 0 Å². The largest absolute Gasteiger partial charge is 0.0717 e. The lowest BCUT2D eigenvalue weighted by molar-refractivity contribution is 0.586. The first-order valence-electron chi connectivity index (χ1n) is 9.58. The third-order valence-electron chi connectivity index (χ3n) is 6.08. The molecule has 26 heavy (non-hydrogen) atoms. The fourth-order valence-corrected chi connectivity index (χ4v) is 5.18. The third kappa shape index (κ3) is 2.03. The number of hydrogen-bond donors (Lipinski definition) is 0. The van der Waals surface area contributed by atoms with Crippen molar-refractivity contribution in [2.45, 2.75) is 45.3 Å². The molecule has 0 heterocycles. The lowest BCUT2D eigenvalue weighted by atomic mass is 9.74. The predicted molar refractivity (Wildman–Crippen MR) is 111 cm³/mol. The van der Waals surface area contributed by atoms with E-state index in [1.165, 1.54) is 55.6 Å². The van der Waals surface area contributed by atoms with Crippen LogP contribution in [0.1, 0.15) is 54.2 Å². The molecule has 0 nitrogen and oxygen atoms in total. The van der Waals surface area contributed by atoms with Crippen LogP contribution in [-0.4, -0.2) is 7.85 Å². The zero-order chi connectivity index (χ0) is 18.1. The van der Waals surface area contributed by atoms with Crippen molar-refractivity contribution in [2.24, 2.45) is 0 Å². The minimum atomic E-state index is 0.0980. The Morgan fingerprint density at radius 2 is 1.31 bits per heavy atom. The van der Waals surface area contributed by atoms with Gasteiger partial charge in [0.05, 0.1) is 7.85 Å². The van der Waals surface area contributed by atoms with Crippen molar-refractivity contribution >= 4 is 7.85 Å². The Bertz CT molecular complexity index is 1050. The Morgan fingerprint density at radius 3 is 1.88 bits per heavy atom. The summed E-state index contributed by atoms with van der Waals surface area (Å²) in [6.45, 7) is 7.07. The Hall–Kier alpha value is -2.28. The summed E-state index contributed by atoms with van der Waals surface area (Å²) in [6, 6.07) is 17.8. The van der Waals surface area contributed by atoms with Crippen molar-refractivity contribution in [2.75, 3.05) is 0 Å². The van der Waals surface area contributed by atoms with Gasteiger partial charge in [0.2, 0.25) is 0 Å². The monoisotopic (exact) mass is 334 g/mol. The molecule has 2 aliphatic rings. The minimum absolute atomic E-state index is 0.0980. The van der Waals surface area contributed by atoms with Gasteiger partial charge in [-0.25, -0.2) is 0 Å². The maximum atomic E-state index is 6.35. The van der Waals surface area contributed by atoms with Crippen molar-refractivity contribution in [3.8, 4) is 22.3 Å². The van der Waals surface area contributed by atoms with Crippen LogP contribution in [0, 0.1) is 0 Å². The number of fused-ring (bicyclic) bond motifs is 6. The van der Waals surface area contributed by atoms with Gasteiger partial charge in [-0.15, -0.1) is 0 Å². The van der Waals surface area contributed by atoms with Gasteiger partial charge in [-0.2, -0.15) is 0 Å². The lowest BCUT2D eigenvalue weighted by Crippen LogP contribution is -2.17. The summed E-state index contributed by atoms with van der Waals surface area (Å²) in [6.07, 6.45) is 2.65. The lowest BCUT2D eigenvalue weighted by Gasteiger charge is -2.29. The Balaban J connectivity index is 1.94. The standard InChI is InChI=1S/C25H23B/c1-25(2,3)24-20-13-16-9-4-6-10-17(16)22(20)21(14-26)19-12-15-8-5-7-11-18(15)23(19)24/h4-11H,12-14H2,1-3H3. The van der Waals surface area contributed by atoms with Gasteiger partial charge < -0.3 is 0 Å². The first kappa shape index (κ1) is 15.9. The van der Waals surface area contributed by atoms with E-state index in [-0.39, 0.29) is 5.41 Å². The van der Waals surface area contributed by atoms with Crippen LogP contribution in [0.3, 0.4) is 0 Å². The fraction of sp³-hybridized carbons (Fsp3) is 0.280. The van der Waals surface area contributed by atoms with Crippen LogP contribution < -0.4 is 0 Å². The third-order valence-corrected chi connectivity index (χ3v) is 6.08. The smallest absolute Gasteiger partial charge is 0.0634 e. The summed E-state index contributed by atoms with van der Waals surface area (Å²) in [5.74, 6) is 0. The second kappa shape index (κ2) is 5.36. The SMILES string of the molecule is [B]Cc1c2c(c(C(C)(C)C)c3c1-c1ccccc1C3)-c1ccccc1C2. The summed E-state index contributed by atoms with van der Waals surface area (Å²) in [4.78, 5) is 0. The van der Waals surface area contributed by atoms with Gasteiger partial charge in [-0.3, -0.25) is 0 Å². The fourth-order valence-electron chi connectivity index (χ4n) is 5.18. The van der Waals surface area contributed by atoms with E-state index in [9.17, 15) is 0 Å². The van der Waals surface area contributed by atoms with Crippen LogP contribution in [-0.2, 0) is 24.6 Å². The summed E-state index contributed by atoms with van der Waals surface area (Å²) in [5, 5.41) is 0. The maximum Gasteiger partial charge on any atom is 0.0717 e. The number of benzene rings is 3. The first-order valence-corrected chi connectivity index (χ1v) is 9.58. The first-order chi connectivity index (χ1) is 12.5. The van der Waals surface area contributed by atoms with Gasteiger partial charge in [0, 0.05) is 0 Å². The maximum absolute atomic E-state index is 6.35. The summed E-state index contributed by atoms with van der Waals surface area (Å²) >= 11 is 0. The zero-order valence-electron chi connectivity index (χ0n) is 15.8. The van der Waals surface area contributed by atoms with Gasteiger partial charge in [0.15, 0.2) is 0 Å². The van der Waals surface area contributed by atoms with Gasteiger partial charge in [-0.05, 0) is 73.9 Å². The molecule has 0 saturated heterocycles. The molecule has 0 atom stereocenters. The predicted octanol–water partition coefficient (Wildman–Crippen LogP) is 5.80. The molecule has 0 bridgehead atoms. The highest BCUT2D eigenvalue weighted by Gasteiger charge is 2.36. The molecule has 0 unspecified atom stereocenters. The van der Waals surface area contributed by atoms with Crippen LogP contribution in [0.5, 0.6) is 0 Å². The molecule has 3 aromatic carbocycles. The average molecular weight is 334 g/mol. The second-order valence-electron chi connectivity index (χ2n) is 8.68. The minimum Gasteiger partial charge on any atom is -0.0634 e. The van der Waals surface area contributed by atoms with Gasteiger partial charge in [0.1, 0.15) is 0 Å². The molecule has 0 aliphatic heterocycles. The van der Waals surface area contributed by atoms with E-state index < -0.39 is 0 Å². The molecule has 126 valence electrons. The van der Waals surface area contributed by atoms with Crippen LogP contribution in [0.2, 0.25) is 0 Å². The molecule has 2 aliphatic carbocycles. The van der Waals surface area contributed by atoms with E-state index in [4.69, 9.17) is 7.85 Å². The Kier molecular flexibility index (Phi) is 3.29. The van der Waals surface area contributed by atoms with Crippen molar-refractivity contribution in [3.63, 3.8) is 0 Å². The van der Waals surface area contributed by atoms with Crippen LogP contribution in [0.15, 0.2) is 48.5 Å². The van der Waals surface area contributed by atoms with E-state index in [0.29, 0.717) is 6.32 Å². The molecule has 1 heteroatoms.